The molecule has 306 valence electrons. The molecule has 0 amide bonds. The van der Waals surface area contributed by atoms with Crippen LogP contribution in [0.5, 0.6) is 0 Å². The van der Waals surface area contributed by atoms with E-state index >= 15 is 0 Å². The van der Waals surface area contributed by atoms with E-state index in [0.717, 1.165) is 50.5 Å². The predicted molar refractivity (Wildman–Crippen MR) is 250 cm³/mol. The van der Waals surface area contributed by atoms with Gasteiger partial charge in [-0.1, -0.05) is 101 Å². The molecule has 4 heterocycles. The first-order valence-corrected chi connectivity index (χ1v) is 21.8. The minimum Gasteiger partial charge on any atom is -0.256 e. The van der Waals surface area contributed by atoms with Crippen molar-refractivity contribution in [2.75, 3.05) is 0 Å². The minimum absolute atomic E-state index is 0.195. The summed E-state index contributed by atoms with van der Waals surface area (Å²) in [6, 6.07) is 32.4. The maximum Gasteiger partial charge on any atom is 0.164 e. The third-order valence-electron chi connectivity index (χ3n) is 11.6. The molecule has 0 fully saturated rings. The molecular weight excluding hydrogens is 733 g/mol. The van der Waals surface area contributed by atoms with Crippen LogP contribution >= 0.6 is 0 Å². The lowest BCUT2D eigenvalue weighted by Gasteiger charge is -2.23. The highest BCUT2D eigenvalue weighted by molar-refractivity contribution is 5.80. The molecule has 0 radical (unpaired) electrons. The van der Waals surface area contributed by atoms with Gasteiger partial charge in [0.25, 0.3) is 0 Å². The quantitative estimate of drug-likeness (QED) is 0.123. The van der Waals surface area contributed by atoms with Crippen LogP contribution in [0.1, 0.15) is 152 Å². The summed E-state index contributed by atoms with van der Waals surface area (Å²) < 4.78 is 0. The first-order valence-electron chi connectivity index (χ1n) is 21.8. The van der Waals surface area contributed by atoms with E-state index in [2.05, 4.69) is 156 Å². The van der Waals surface area contributed by atoms with Crippen molar-refractivity contribution in [3.63, 3.8) is 0 Å². The fraction of sp³-hybridized carbons (Fsp3) is 0.333. The highest BCUT2D eigenvalue weighted by Crippen LogP contribution is 2.43. The molecule has 0 saturated heterocycles. The van der Waals surface area contributed by atoms with E-state index in [9.17, 15) is 0 Å². The number of hydrogen-bond acceptors (Lipinski definition) is 6. The van der Waals surface area contributed by atoms with Crippen LogP contribution in [0, 0.1) is 0 Å². The summed E-state index contributed by atoms with van der Waals surface area (Å²) >= 11 is 0. The zero-order valence-corrected chi connectivity index (χ0v) is 37.5. The standard InChI is InChI=1S/C54H60N6/c1-31(2)37-28-46(40(34(7)8)25-43(37)49-19-13-16-22-55-49)52-58-53(47-29-38(32(3)4)44(26-41(47)35(9)10)50-20-14-17-23-56-50)60-54(59-52)48-30-39(33(5)6)45(27-42(48)36(11)12)51-21-15-18-24-57-51/h13-36H,1-12H3. The molecule has 60 heavy (non-hydrogen) atoms. The van der Waals surface area contributed by atoms with Gasteiger partial charge in [-0.2, -0.15) is 0 Å². The number of benzene rings is 3. The molecule has 7 aromatic rings. The van der Waals surface area contributed by atoms with Crippen LogP contribution in [0.4, 0.5) is 0 Å². The van der Waals surface area contributed by atoms with Gasteiger partial charge in [-0.25, -0.2) is 15.0 Å². The lowest BCUT2D eigenvalue weighted by atomic mass is 9.85. The van der Waals surface area contributed by atoms with Crippen molar-refractivity contribution in [3.8, 4) is 67.9 Å². The van der Waals surface area contributed by atoms with Crippen molar-refractivity contribution in [1.29, 1.82) is 0 Å². The van der Waals surface area contributed by atoms with Gasteiger partial charge < -0.3 is 0 Å². The molecule has 0 N–H and O–H groups in total. The minimum atomic E-state index is 0.195. The Morgan fingerprint density at radius 3 is 0.700 bits per heavy atom. The van der Waals surface area contributed by atoms with E-state index in [-0.39, 0.29) is 35.5 Å². The van der Waals surface area contributed by atoms with E-state index in [1.54, 1.807) is 0 Å². The Balaban J connectivity index is 1.59. The first-order chi connectivity index (χ1) is 28.7. The van der Waals surface area contributed by atoms with E-state index in [0.29, 0.717) is 17.5 Å². The smallest absolute Gasteiger partial charge is 0.164 e. The molecule has 0 bridgehead atoms. The molecule has 4 aromatic heterocycles. The molecule has 0 aliphatic heterocycles. The molecule has 6 nitrogen and oxygen atoms in total. The van der Waals surface area contributed by atoms with Gasteiger partial charge in [0.2, 0.25) is 0 Å². The average Bonchev–Trinajstić information content (AvgIpc) is 3.25. The summed E-state index contributed by atoms with van der Waals surface area (Å²) in [5, 5.41) is 0. The van der Waals surface area contributed by atoms with Crippen LogP contribution in [0.25, 0.3) is 67.9 Å². The van der Waals surface area contributed by atoms with E-state index < -0.39 is 0 Å². The van der Waals surface area contributed by atoms with Crippen molar-refractivity contribution >= 4 is 0 Å². The van der Waals surface area contributed by atoms with Crippen molar-refractivity contribution in [3.05, 3.63) is 143 Å². The molecule has 6 heteroatoms. The van der Waals surface area contributed by atoms with Gasteiger partial charge in [0.05, 0.1) is 17.1 Å². The van der Waals surface area contributed by atoms with Crippen LogP contribution < -0.4 is 0 Å². The zero-order valence-electron chi connectivity index (χ0n) is 37.5. The Morgan fingerprint density at radius 1 is 0.283 bits per heavy atom. The summed E-state index contributed by atoms with van der Waals surface area (Å²) in [5.41, 5.74) is 16.6. The molecule has 0 aliphatic rings. The monoisotopic (exact) mass is 792 g/mol. The Kier molecular flexibility index (Phi) is 12.5. The topological polar surface area (TPSA) is 77.3 Å². The Hall–Kier alpha value is -5.88. The fourth-order valence-corrected chi connectivity index (χ4v) is 8.32. The second-order valence-corrected chi connectivity index (χ2v) is 18.0. The van der Waals surface area contributed by atoms with Crippen LogP contribution in [-0.2, 0) is 0 Å². The predicted octanol–water partition coefficient (Wildman–Crippen LogP) is 14.8. The van der Waals surface area contributed by atoms with Gasteiger partial charge in [0, 0.05) is 52.0 Å². The lowest BCUT2D eigenvalue weighted by Crippen LogP contribution is -2.09. The number of aromatic nitrogens is 6. The van der Waals surface area contributed by atoms with Gasteiger partial charge in [0.1, 0.15) is 0 Å². The third kappa shape index (κ3) is 8.56. The SMILES string of the molecule is CC(C)c1cc(-c2nc(-c3cc(C(C)C)c(-c4ccccn4)cc3C(C)C)nc(-c3cc(C(C)C)c(-c4ccccn4)cc3C(C)C)n2)c(C(C)C)cc1-c1ccccn1. The van der Waals surface area contributed by atoms with Gasteiger partial charge in [0.15, 0.2) is 17.5 Å². The Labute approximate surface area is 358 Å². The summed E-state index contributed by atoms with van der Waals surface area (Å²) in [4.78, 5) is 31.0. The highest BCUT2D eigenvalue weighted by atomic mass is 15.0. The molecule has 3 aromatic carbocycles. The molecule has 0 spiro atoms. The Morgan fingerprint density at radius 2 is 0.500 bits per heavy atom. The van der Waals surface area contributed by atoms with Crippen molar-refractivity contribution < 1.29 is 0 Å². The van der Waals surface area contributed by atoms with E-state index in [1.165, 1.54) is 33.4 Å². The van der Waals surface area contributed by atoms with Gasteiger partial charge >= 0.3 is 0 Å². The molecule has 0 unspecified atom stereocenters. The van der Waals surface area contributed by atoms with E-state index in [1.807, 2.05) is 36.8 Å². The maximum atomic E-state index is 5.52. The maximum absolute atomic E-state index is 5.52. The average molecular weight is 793 g/mol. The number of hydrogen-bond donors (Lipinski definition) is 0. The normalized spacial score (nSPS) is 11.9. The zero-order chi connectivity index (χ0) is 42.8. The summed E-state index contributed by atoms with van der Waals surface area (Å²) in [6.07, 6.45) is 5.63. The van der Waals surface area contributed by atoms with Crippen LogP contribution in [-0.4, -0.2) is 29.9 Å². The molecule has 0 atom stereocenters. The van der Waals surface area contributed by atoms with Crippen LogP contribution in [0.2, 0.25) is 0 Å². The molecular formula is C54H60N6. The summed E-state index contributed by atoms with van der Waals surface area (Å²) in [5.74, 6) is 3.34. The second kappa shape index (κ2) is 17.8. The summed E-state index contributed by atoms with van der Waals surface area (Å²) in [6.45, 7) is 27.0. The van der Waals surface area contributed by atoms with Gasteiger partial charge in [-0.3, -0.25) is 15.0 Å². The molecule has 0 aliphatic carbocycles. The van der Waals surface area contributed by atoms with Crippen LogP contribution in [0.15, 0.2) is 110 Å². The summed E-state index contributed by atoms with van der Waals surface area (Å²) in [7, 11) is 0. The van der Waals surface area contributed by atoms with Crippen molar-refractivity contribution in [1.82, 2.24) is 29.9 Å². The van der Waals surface area contributed by atoms with E-state index in [4.69, 9.17) is 29.9 Å². The largest absolute Gasteiger partial charge is 0.256 e. The van der Waals surface area contributed by atoms with Crippen LogP contribution in [0.3, 0.4) is 0 Å². The second-order valence-electron chi connectivity index (χ2n) is 18.0. The number of rotatable bonds is 12. The fourth-order valence-electron chi connectivity index (χ4n) is 8.32. The van der Waals surface area contributed by atoms with Crippen molar-refractivity contribution in [2.24, 2.45) is 0 Å². The van der Waals surface area contributed by atoms with Gasteiger partial charge in [-0.05, 0) is 142 Å². The first kappa shape index (κ1) is 42.3. The highest BCUT2D eigenvalue weighted by Gasteiger charge is 2.26. The lowest BCUT2D eigenvalue weighted by molar-refractivity contribution is 0.839. The van der Waals surface area contributed by atoms with Crippen molar-refractivity contribution in [2.45, 2.75) is 119 Å². The molecule has 0 saturated carbocycles. The van der Waals surface area contributed by atoms with Gasteiger partial charge in [-0.15, -0.1) is 0 Å². The number of nitrogens with zero attached hydrogens (tertiary/aromatic N) is 6. The number of pyridine rings is 3. The Bertz CT molecular complexity index is 2290. The third-order valence-corrected chi connectivity index (χ3v) is 11.6. The molecule has 7 rings (SSSR count).